The molecule has 0 fully saturated rings. The third kappa shape index (κ3) is 10.0. The van der Waals surface area contributed by atoms with Gasteiger partial charge in [0, 0.05) is 55.7 Å². The summed E-state index contributed by atoms with van der Waals surface area (Å²) >= 11 is 0. The van der Waals surface area contributed by atoms with E-state index in [-0.39, 0.29) is 0 Å². The molecule has 25 rings (SSSR count). The SMILES string of the molecule is c1ccc(-c2cc(-c3ccc4c(c3)C3(c5ccccc5-4)c4ccccc4-c4c3ccc3oc5ccccc5c43)cc(N(c3ccccc3)c3ccc(-c4cccc(-c5ccc6oc7ccc8c(c7c6c5)-c5ccccc5C85c6ccccc6-c6ccc(-c7cc(-c8ccccc8)cc(N(c8ccccc8)c8ccccc8)c7)cc65)c4)cc3)c2)cc1. The van der Waals surface area contributed by atoms with Crippen LogP contribution in [0.1, 0.15) is 44.5 Å². The number of nitrogens with zero attached hydrogens (tertiary/aromatic N) is 2. The Morgan fingerprint density at radius 1 is 0.158 bits per heavy atom. The maximum Gasteiger partial charge on any atom is 0.136 e. The van der Waals surface area contributed by atoms with Gasteiger partial charge in [0.05, 0.1) is 10.8 Å². The fourth-order valence-corrected chi connectivity index (χ4v) is 21.2. The van der Waals surface area contributed by atoms with E-state index in [1.807, 2.05) is 0 Å². The third-order valence-corrected chi connectivity index (χ3v) is 26.2. The van der Waals surface area contributed by atoms with Crippen molar-refractivity contribution in [3.63, 3.8) is 0 Å². The number of para-hydroxylation sites is 4. The highest BCUT2D eigenvalue weighted by Crippen LogP contribution is 2.67. The molecule has 0 saturated carbocycles. The lowest BCUT2D eigenvalue weighted by Gasteiger charge is -2.31. The molecule has 0 amide bonds. The van der Waals surface area contributed by atoms with E-state index >= 15 is 0 Å². The second-order valence-electron chi connectivity index (χ2n) is 32.4. The van der Waals surface area contributed by atoms with Crippen molar-refractivity contribution >= 4 is 78.0 Å². The Morgan fingerprint density at radius 3 is 0.950 bits per heavy atom. The van der Waals surface area contributed by atoms with E-state index in [0.717, 1.165) is 139 Å². The third-order valence-electron chi connectivity index (χ3n) is 26.2. The number of furan rings is 2. The molecule has 2 heterocycles. The highest BCUT2D eigenvalue weighted by molar-refractivity contribution is 6.19. The van der Waals surface area contributed by atoms with Crippen LogP contribution in [0.15, 0.2) is 446 Å². The molecule has 0 radical (unpaired) electrons. The van der Waals surface area contributed by atoms with E-state index in [4.69, 9.17) is 8.83 Å². The Bertz CT molecular complexity index is 7740. The molecule has 4 aliphatic rings. The van der Waals surface area contributed by atoms with E-state index in [2.05, 4.69) is 447 Å². The van der Waals surface area contributed by atoms with Crippen molar-refractivity contribution in [2.75, 3.05) is 9.80 Å². The predicted molar refractivity (Wildman–Crippen MR) is 496 cm³/mol. The Hall–Kier alpha value is -15.6. The summed E-state index contributed by atoms with van der Waals surface area (Å²) in [6, 6.07) is 162. The molecule has 120 heavy (non-hydrogen) atoms. The number of hydrogen-bond acceptors (Lipinski definition) is 4. The van der Waals surface area contributed by atoms with Gasteiger partial charge in [0.1, 0.15) is 22.3 Å². The van der Waals surface area contributed by atoms with Crippen molar-refractivity contribution in [3.8, 4) is 111 Å². The lowest BCUT2D eigenvalue weighted by molar-refractivity contribution is 0.668. The molecule has 2 atom stereocenters. The van der Waals surface area contributed by atoms with E-state index in [9.17, 15) is 0 Å². The van der Waals surface area contributed by atoms with Crippen molar-refractivity contribution in [1.29, 1.82) is 0 Å². The van der Waals surface area contributed by atoms with Gasteiger partial charge in [-0.15, -0.1) is 0 Å². The zero-order chi connectivity index (χ0) is 78.7. The van der Waals surface area contributed by atoms with Crippen LogP contribution >= 0.6 is 0 Å². The van der Waals surface area contributed by atoms with Crippen molar-refractivity contribution in [1.82, 2.24) is 0 Å². The van der Waals surface area contributed by atoms with Crippen LogP contribution in [0.2, 0.25) is 0 Å². The molecule has 4 heteroatoms. The monoisotopic (exact) mass is 1520 g/mol. The Labute approximate surface area is 695 Å². The van der Waals surface area contributed by atoms with Gasteiger partial charge in [-0.2, -0.15) is 0 Å². The van der Waals surface area contributed by atoms with Crippen molar-refractivity contribution in [2.24, 2.45) is 0 Å². The smallest absolute Gasteiger partial charge is 0.136 e. The van der Waals surface area contributed by atoms with Gasteiger partial charge in [-0.05, 0) is 289 Å². The first-order chi connectivity index (χ1) is 59.5. The molecule has 4 aliphatic carbocycles. The molecule has 21 aromatic rings. The second-order valence-corrected chi connectivity index (χ2v) is 32.4. The van der Waals surface area contributed by atoms with Crippen molar-refractivity contribution in [3.05, 3.63) is 481 Å². The summed E-state index contributed by atoms with van der Waals surface area (Å²) in [4.78, 5) is 4.80. The number of fused-ring (bicyclic) bond motifs is 28. The molecule has 4 nitrogen and oxygen atoms in total. The minimum atomic E-state index is -0.633. The molecule has 0 N–H and O–H groups in total. The lowest BCUT2D eigenvalue weighted by atomic mass is 9.70. The average molecular weight is 1530 g/mol. The zero-order valence-corrected chi connectivity index (χ0v) is 65.3. The maximum atomic E-state index is 7.01. The topological polar surface area (TPSA) is 32.8 Å². The summed E-state index contributed by atoms with van der Waals surface area (Å²) in [5.41, 5.74) is 42.7. The Balaban J connectivity index is 0.589. The summed E-state index contributed by atoms with van der Waals surface area (Å²) in [7, 11) is 0. The molecular weight excluding hydrogens is 1450 g/mol. The molecular formula is C116H72N2O2. The average Bonchev–Trinajstić information content (AvgIpc) is 1.50. The standard InChI is InChI=1S/C116H72N2O2/c1-6-27-73(28-7-1)81-64-83(68-89(66-81)117(85-33-10-3-11-34-85)86-35-12-4-13-36-86)79-51-57-94-92-40-17-22-45-100(92)116(106(94)72-79)102-47-24-19-42-96(102)112-104(116)59-62-110-114(112)98-70-78(53-60-108(98)120-110)77-32-26-31-76(63-77)75-49-54-88(55-50-75)118(87-37-14-5-15-38-87)90-67-82(74-29-8-2-9-30-74)65-84(69-90)80-52-56-93-91-39-16-21-44-99(91)115(105(93)71-80)101-46-23-18-41-95(101)111-103(115)58-61-109-113(111)97-43-20-25-48-107(97)119-109/h1-72H. The first-order valence-electron chi connectivity index (χ1n) is 41.5. The summed E-state index contributed by atoms with van der Waals surface area (Å²) in [5, 5.41) is 4.53. The van der Waals surface area contributed by atoms with Crippen LogP contribution in [-0.4, -0.2) is 0 Å². The van der Waals surface area contributed by atoms with Gasteiger partial charge in [0.2, 0.25) is 0 Å². The van der Waals surface area contributed by atoms with Crippen molar-refractivity contribution in [2.45, 2.75) is 10.8 Å². The lowest BCUT2D eigenvalue weighted by Crippen LogP contribution is -2.25. The van der Waals surface area contributed by atoms with E-state index in [1.54, 1.807) is 0 Å². The largest absolute Gasteiger partial charge is 0.456 e. The predicted octanol–water partition coefficient (Wildman–Crippen LogP) is 31.1. The first-order valence-corrected chi connectivity index (χ1v) is 41.5. The van der Waals surface area contributed by atoms with E-state index < -0.39 is 10.8 Å². The van der Waals surface area contributed by atoms with Crippen LogP contribution in [0.3, 0.4) is 0 Å². The maximum absolute atomic E-state index is 7.01. The number of hydrogen-bond donors (Lipinski definition) is 0. The van der Waals surface area contributed by atoms with Crippen LogP contribution in [0.4, 0.5) is 34.1 Å². The van der Waals surface area contributed by atoms with Crippen LogP contribution in [0.5, 0.6) is 0 Å². The van der Waals surface area contributed by atoms with Crippen molar-refractivity contribution < 1.29 is 8.83 Å². The molecule has 558 valence electrons. The van der Waals surface area contributed by atoms with Gasteiger partial charge in [0.25, 0.3) is 0 Å². The highest BCUT2D eigenvalue weighted by atomic mass is 16.3. The van der Waals surface area contributed by atoms with Gasteiger partial charge >= 0.3 is 0 Å². The summed E-state index contributed by atoms with van der Waals surface area (Å²) in [5.74, 6) is 0. The Morgan fingerprint density at radius 2 is 0.467 bits per heavy atom. The second kappa shape index (κ2) is 26.5. The number of benzene rings is 19. The highest BCUT2D eigenvalue weighted by Gasteiger charge is 2.54. The first kappa shape index (κ1) is 67.7. The van der Waals surface area contributed by atoms with Crippen LogP contribution in [-0.2, 0) is 10.8 Å². The van der Waals surface area contributed by atoms with Gasteiger partial charge in [0.15, 0.2) is 0 Å². The fourth-order valence-electron chi connectivity index (χ4n) is 21.2. The van der Waals surface area contributed by atoms with Crippen LogP contribution in [0, 0.1) is 0 Å². The molecule has 0 aliphatic heterocycles. The summed E-state index contributed by atoms with van der Waals surface area (Å²) < 4.78 is 13.6. The fraction of sp³-hybridized carbons (Fsp3) is 0.0172. The van der Waals surface area contributed by atoms with E-state index in [0.29, 0.717) is 0 Å². The minimum Gasteiger partial charge on any atom is -0.456 e. The van der Waals surface area contributed by atoms with Gasteiger partial charge in [-0.1, -0.05) is 303 Å². The van der Waals surface area contributed by atoms with Gasteiger partial charge < -0.3 is 18.6 Å². The molecule has 0 saturated heterocycles. The number of rotatable bonds is 12. The normalized spacial score (nSPS) is 14.7. The number of anilines is 6. The van der Waals surface area contributed by atoms with Gasteiger partial charge in [-0.25, -0.2) is 0 Å². The zero-order valence-electron chi connectivity index (χ0n) is 65.3. The summed E-state index contributed by atoms with van der Waals surface area (Å²) in [6.07, 6.45) is 0. The summed E-state index contributed by atoms with van der Waals surface area (Å²) in [6.45, 7) is 0. The molecule has 2 unspecified atom stereocenters. The molecule has 2 aromatic heterocycles. The molecule has 2 spiro atoms. The van der Waals surface area contributed by atoms with E-state index in [1.165, 1.54) is 94.4 Å². The van der Waals surface area contributed by atoms with Gasteiger partial charge in [-0.3, -0.25) is 0 Å². The molecule has 0 bridgehead atoms. The van der Waals surface area contributed by atoms with Crippen LogP contribution < -0.4 is 9.80 Å². The van der Waals surface area contributed by atoms with Crippen LogP contribution in [0.25, 0.3) is 155 Å². The Kier molecular flexibility index (Phi) is 14.9. The quantitative estimate of drug-likeness (QED) is 0.122. The molecule has 19 aromatic carbocycles. The minimum absolute atomic E-state index is 0.578.